The number of hydrogen-bond donors (Lipinski definition) is 2. The summed E-state index contributed by atoms with van der Waals surface area (Å²) in [4.78, 5) is 25.6. The number of nitrogens with one attached hydrogen (secondary N) is 1. The van der Waals surface area contributed by atoms with Crippen LogP contribution in [0.2, 0.25) is 0 Å². The van der Waals surface area contributed by atoms with Gasteiger partial charge in [-0.05, 0) is 41.6 Å². The van der Waals surface area contributed by atoms with Gasteiger partial charge in [-0.25, -0.2) is 4.79 Å². The van der Waals surface area contributed by atoms with E-state index in [2.05, 4.69) is 4.98 Å². The van der Waals surface area contributed by atoms with Gasteiger partial charge < -0.3 is 14.5 Å². The Morgan fingerprint density at radius 1 is 1.47 bits per heavy atom. The van der Waals surface area contributed by atoms with E-state index < -0.39 is 11.4 Å². The zero-order valence-corrected chi connectivity index (χ0v) is 10.9. The predicted molar refractivity (Wildman–Crippen MR) is 69.2 cm³/mol. The van der Waals surface area contributed by atoms with Gasteiger partial charge in [0.15, 0.2) is 3.77 Å². The summed E-state index contributed by atoms with van der Waals surface area (Å²) in [5.74, 6) is -0.884. The first-order valence-electron chi connectivity index (χ1n) is 4.72. The third kappa shape index (κ3) is 2.12. The van der Waals surface area contributed by atoms with Gasteiger partial charge in [0.2, 0.25) is 5.43 Å². The van der Waals surface area contributed by atoms with Crippen LogP contribution in [0, 0.1) is 10.7 Å². The standard InChI is InChI=1S/C11H8INO4/c1-5-9(7-2-3-8(12)17-7)10(14)6(4-13-5)11(15)16/h2-4H,1H3,(H,13,14)(H,15,16). The molecule has 6 heteroatoms. The lowest BCUT2D eigenvalue weighted by atomic mass is 10.1. The number of H-pyrrole nitrogens is 1. The van der Waals surface area contributed by atoms with E-state index in [0.717, 1.165) is 0 Å². The Kier molecular flexibility index (Phi) is 3.05. The van der Waals surface area contributed by atoms with Crippen molar-refractivity contribution in [1.29, 1.82) is 0 Å². The van der Waals surface area contributed by atoms with Crippen molar-refractivity contribution in [3.63, 3.8) is 0 Å². The number of carboxylic acid groups (broad SMARTS) is 1. The van der Waals surface area contributed by atoms with Crippen LogP contribution in [0.15, 0.2) is 27.5 Å². The molecule has 0 spiro atoms. The fourth-order valence-corrected chi connectivity index (χ4v) is 1.94. The van der Waals surface area contributed by atoms with Gasteiger partial charge in [0.25, 0.3) is 0 Å². The molecular formula is C11H8INO4. The van der Waals surface area contributed by atoms with Gasteiger partial charge >= 0.3 is 5.97 Å². The Balaban J connectivity index is 2.73. The summed E-state index contributed by atoms with van der Waals surface area (Å²) >= 11 is 1.98. The number of carboxylic acids is 1. The number of furan rings is 1. The molecule has 0 atom stereocenters. The molecule has 2 aromatic heterocycles. The maximum Gasteiger partial charge on any atom is 0.341 e. The third-order valence-corrected chi connectivity index (χ3v) is 2.91. The molecule has 0 aliphatic rings. The molecule has 2 N–H and O–H groups in total. The van der Waals surface area contributed by atoms with Crippen LogP contribution < -0.4 is 5.43 Å². The number of carbonyl (C=O) groups is 1. The van der Waals surface area contributed by atoms with Crippen LogP contribution >= 0.6 is 22.6 Å². The number of halogens is 1. The van der Waals surface area contributed by atoms with E-state index in [4.69, 9.17) is 9.52 Å². The van der Waals surface area contributed by atoms with Gasteiger partial charge in [0.05, 0.1) is 5.56 Å². The van der Waals surface area contributed by atoms with Gasteiger partial charge in [0, 0.05) is 11.9 Å². The Bertz CT molecular complexity index is 641. The second-order valence-corrected chi connectivity index (χ2v) is 4.50. The molecule has 5 nitrogen and oxygen atoms in total. The van der Waals surface area contributed by atoms with Crippen molar-refractivity contribution in [2.24, 2.45) is 0 Å². The summed E-state index contributed by atoms with van der Waals surface area (Å²) in [6, 6.07) is 3.35. The minimum Gasteiger partial charge on any atom is -0.477 e. The molecule has 0 aliphatic heterocycles. The Hall–Kier alpha value is -1.57. The van der Waals surface area contributed by atoms with Gasteiger partial charge in [-0.15, -0.1) is 0 Å². The van der Waals surface area contributed by atoms with Crippen molar-refractivity contribution in [2.75, 3.05) is 0 Å². The largest absolute Gasteiger partial charge is 0.477 e. The van der Waals surface area contributed by atoms with Gasteiger partial charge in [-0.2, -0.15) is 0 Å². The summed E-state index contributed by atoms with van der Waals surface area (Å²) in [6.45, 7) is 1.69. The Morgan fingerprint density at radius 2 is 2.18 bits per heavy atom. The lowest BCUT2D eigenvalue weighted by Gasteiger charge is -2.03. The molecule has 0 saturated carbocycles. The smallest absolute Gasteiger partial charge is 0.341 e. The summed E-state index contributed by atoms with van der Waals surface area (Å²) in [6.07, 6.45) is 1.19. The average Bonchev–Trinajstić information content (AvgIpc) is 2.64. The summed E-state index contributed by atoms with van der Waals surface area (Å²) in [5.41, 5.74) is -0.00456. The first kappa shape index (κ1) is 11.9. The summed E-state index contributed by atoms with van der Waals surface area (Å²) in [5, 5.41) is 8.88. The van der Waals surface area contributed by atoms with Crippen molar-refractivity contribution in [3.05, 3.63) is 43.6 Å². The van der Waals surface area contributed by atoms with Gasteiger partial charge in [-0.3, -0.25) is 4.79 Å². The molecule has 2 rings (SSSR count). The Labute approximate surface area is 110 Å². The van der Waals surface area contributed by atoms with Crippen molar-refractivity contribution in [1.82, 2.24) is 4.98 Å². The van der Waals surface area contributed by atoms with Crippen LogP contribution in [0.3, 0.4) is 0 Å². The quantitative estimate of drug-likeness (QED) is 0.818. The van der Waals surface area contributed by atoms with E-state index in [9.17, 15) is 9.59 Å². The van der Waals surface area contributed by atoms with E-state index >= 15 is 0 Å². The molecule has 0 amide bonds. The molecular weight excluding hydrogens is 337 g/mol. The summed E-state index contributed by atoms with van der Waals surface area (Å²) < 4.78 is 5.98. The number of aromatic nitrogens is 1. The fourth-order valence-electron chi connectivity index (χ4n) is 1.53. The van der Waals surface area contributed by atoms with Crippen molar-refractivity contribution in [2.45, 2.75) is 6.92 Å². The highest BCUT2D eigenvalue weighted by molar-refractivity contribution is 14.1. The zero-order valence-electron chi connectivity index (χ0n) is 8.78. The first-order valence-corrected chi connectivity index (χ1v) is 5.80. The van der Waals surface area contributed by atoms with Crippen LogP contribution in [-0.4, -0.2) is 16.1 Å². The maximum absolute atomic E-state index is 12.0. The van der Waals surface area contributed by atoms with Gasteiger partial charge in [0.1, 0.15) is 11.3 Å². The number of rotatable bonds is 2. The molecule has 17 heavy (non-hydrogen) atoms. The van der Waals surface area contributed by atoms with Crippen molar-refractivity contribution < 1.29 is 14.3 Å². The van der Waals surface area contributed by atoms with Crippen LogP contribution in [0.4, 0.5) is 0 Å². The molecule has 0 radical (unpaired) electrons. The van der Waals surface area contributed by atoms with Crippen LogP contribution in [-0.2, 0) is 0 Å². The predicted octanol–water partition coefficient (Wildman–Crippen LogP) is 2.25. The molecule has 2 aromatic rings. The van der Waals surface area contributed by atoms with Crippen LogP contribution in [0.1, 0.15) is 16.1 Å². The second kappa shape index (κ2) is 4.36. The molecule has 0 aliphatic carbocycles. The third-order valence-electron chi connectivity index (χ3n) is 2.33. The number of hydrogen-bond acceptors (Lipinski definition) is 3. The minimum absolute atomic E-state index is 0.257. The maximum atomic E-state index is 12.0. The summed E-state index contributed by atoms with van der Waals surface area (Å²) in [7, 11) is 0. The van der Waals surface area contributed by atoms with E-state index in [1.807, 2.05) is 22.6 Å². The van der Waals surface area contributed by atoms with E-state index in [1.54, 1.807) is 19.1 Å². The second-order valence-electron chi connectivity index (χ2n) is 3.44. The first-order chi connectivity index (χ1) is 8.00. The molecule has 0 saturated heterocycles. The van der Waals surface area contributed by atoms with Gasteiger partial charge in [-0.1, -0.05) is 0 Å². The SMILES string of the molecule is Cc1[nH]cc(C(=O)O)c(=O)c1-c1ccc(I)o1. The van der Waals surface area contributed by atoms with E-state index in [1.165, 1.54) is 6.20 Å². The monoisotopic (exact) mass is 345 g/mol. The number of pyridine rings is 1. The highest BCUT2D eigenvalue weighted by Gasteiger charge is 2.17. The lowest BCUT2D eigenvalue weighted by Crippen LogP contribution is -2.18. The normalized spacial score (nSPS) is 10.5. The van der Waals surface area contributed by atoms with Crippen molar-refractivity contribution in [3.8, 4) is 11.3 Å². The van der Waals surface area contributed by atoms with E-state index in [-0.39, 0.29) is 11.1 Å². The van der Waals surface area contributed by atoms with Crippen LogP contribution in [0.25, 0.3) is 11.3 Å². The molecule has 0 aromatic carbocycles. The fraction of sp³-hybridized carbons (Fsp3) is 0.0909. The minimum atomic E-state index is -1.26. The molecule has 0 unspecified atom stereocenters. The topological polar surface area (TPSA) is 83.3 Å². The average molecular weight is 345 g/mol. The number of aryl methyl sites for hydroxylation is 1. The Morgan fingerprint density at radius 3 is 2.71 bits per heavy atom. The lowest BCUT2D eigenvalue weighted by molar-refractivity contribution is 0.0695. The van der Waals surface area contributed by atoms with Crippen molar-refractivity contribution >= 4 is 28.6 Å². The zero-order chi connectivity index (χ0) is 12.6. The molecule has 88 valence electrons. The molecule has 2 heterocycles. The van der Waals surface area contributed by atoms with E-state index in [0.29, 0.717) is 15.2 Å². The molecule has 0 fully saturated rings. The van der Waals surface area contributed by atoms with Crippen LogP contribution in [0.5, 0.6) is 0 Å². The highest BCUT2D eigenvalue weighted by atomic mass is 127. The highest BCUT2D eigenvalue weighted by Crippen LogP contribution is 2.22. The molecule has 0 bridgehead atoms. The number of aromatic carboxylic acids is 1. The number of aromatic amines is 1.